The molecule has 1 heterocycles. The van der Waals surface area contributed by atoms with E-state index in [1.165, 1.54) is 0 Å². The molecule has 18 heavy (non-hydrogen) atoms. The normalized spacial score (nSPS) is 10.8. The van der Waals surface area contributed by atoms with Gasteiger partial charge in [0.2, 0.25) is 0 Å². The number of rotatable bonds is 4. The SMILES string of the molecule is Cn1c(CSCc2ccc(Cl)c(Cl)c2)n[nH]c1=S. The van der Waals surface area contributed by atoms with E-state index in [9.17, 15) is 0 Å². The van der Waals surface area contributed by atoms with E-state index in [1.54, 1.807) is 11.8 Å². The van der Waals surface area contributed by atoms with Crippen LogP contribution in [0, 0.1) is 4.77 Å². The molecule has 0 aliphatic carbocycles. The van der Waals surface area contributed by atoms with E-state index >= 15 is 0 Å². The van der Waals surface area contributed by atoms with Crippen LogP contribution in [0.1, 0.15) is 11.4 Å². The van der Waals surface area contributed by atoms with Gasteiger partial charge in [-0.05, 0) is 29.9 Å². The van der Waals surface area contributed by atoms with Crippen LogP contribution < -0.4 is 0 Å². The topological polar surface area (TPSA) is 33.6 Å². The van der Waals surface area contributed by atoms with E-state index < -0.39 is 0 Å². The van der Waals surface area contributed by atoms with Gasteiger partial charge in [0, 0.05) is 12.8 Å². The maximum Gasteiger partial charge on any atom is 0.194 e. The van der Waals surface area contributed by atoms with Crippen molar-refractivity contribution < 1.29 is 0 Å². The molecule has 96 valence electrons. The van der Waals surface area contributed by atoms with E-state index in [-0.39, 0.29) is 0 Å². The highest BCUT2D eigenvalue weighted by Crippen LogP contribution is 2.25. The molecule has 7 heteroatoms. The fourth-order valence-electron chi connectivity index (χ4n) is 1.40. The number of hydrogen-bond acceptors (Lipinski definition) is 3. The van der Waals surface area contributed by atoms with Crippen molar-refractivity contribution in [2.75, 3.05) is 0 Å². The minimum Gasteiger partial charge on any atom is -0.307 e. The van der Waals surface area contributed by atoms with Crippen molar-refractivity contribution in [2.24, 2.45) is 7.05 Å². The Labute approximate surface area is 124 Å². The second-order valence-corrected chi connectivity index (χ2v) is 5.93. The summed E-state index contributed by atoms with van der Waals surface area (Å²) in [6.07, 6.45) is 0. The lowest BCUT2D eigenvalue weighted by Crippen LogP contribution is -1.96. The van der Waals surface area contributed by atoms with Gasteiger partial charge in [-0.2, -0.15) is 5.10 Å². The molecule has 1 N–H and O–H groups in total. The van der Waals surface area contributed by atoms with Crippen molar-refractivity contribution in [1.82, 2.24) is 14.8 Å². The first-order valence-electron chi connectivity index (χ1n) is 5.20. The third-order valence-electron chi connectivity index (χ3n) is 2.46. The molecular weight excluding hydrogens is 309 g/mol. The van der Waals surface area contributed by atoms with Crippen LogP contribution in [0.2, 0.25) is 10.0 Å². The van der Waals surface area contributed by atoms with Gasteiger partial charge in [-0.3, -0.25) is 5.10 Å². The smallest absolute Gasteiger partial charge is 0.194 e. The molecule has 1 aromatic carbocycles. The summed E-state index contributed by atoms with van der Waals surface area (Å²) in [5.74, 6) is 2.59. The Hall–Kier alpha value is -0.490. The first-order chi connectivity index (χ1) is 8.58. The van der Waals surface area contributed by atoms with Crippen molar-refractivity contribution in [3.8, 4) is 0 Å². The number of nitrogens with zero attached hydrogens (tertiary/aromatic N) is 2. The Balaban J connectivity index is 1.94. The Kier molecular flexibility index (Phi) is 4.72. The van der Waals surface area contributed by atoms with Crippen LogP contribution in [0.15, 0.2) is 18.2 Å². The first-order valence-corrected chi connectivity index (χ1v) is 7.52. The Bertz CT molecular complexity index is 607. The molecule has 0 radical (unpaired) electrons. The second kappa shape index (κ2) is 6.10. The number of halogens is 2. The third-order valence-corrected chi connectivity index (χ3v) is 4.56. The fourth-order valence-corrected chi connectivity index (χ4v) is 2.83. The first kappa shape index (κ1) is 13.9. The molecule has 0 saturated heterocycles. The molecule has 2 rings (SSSR count). The molecule has 0 atom stereocenters. The molecule has 0 amide bonds. The molecule has 0 aliphatic heterocycles. The minimum absolute atomic E-state index is 0.583. The Morgan fingerprint density at radius 2 is 2.11 bits per heavy atom. The fraction of sp³-hybridized carbons (Fsp3) is 0.273. The highest BCUT2D eigenvalue weighted by Gasteiger charge is 2.04. The maximum atomic E-state index is 5.96. The predicted octanol–water partition coefficient (Wildman–Crippen LogP) is 4.22. The van der Waals surface area contributed by atoms with E-state index in [0.29, 0.717) is 14.8 Å². The number of hydrogen-bond donors (Lipinski definition) is 1. The van der Waals surface area contributed by atoms with Gasteiger partial charge in [-0.15, -0.1) is 11.8 Å². The van der Waals surface area contributed by atoms with E-state index in [4.69, 9.17) is 35.4 Å². The molecular formula is C11H11Cl2N3S2. The minimum atomic E-state index is 0.583. The van der Waals surface area contributed by atoms with Crippen LogP contribution in [0.5, 0.6) is 0 Å². The lowest BCUT2D eigenvalue weighted by atomic mass is 10.2. The zero-order valence-corrected chi connectivity index (χ0v) is 12.8. The monoisotopic (exact) mass is 319 g/mol. The molecule has 0 spiro atoms. The lowest BCUT2D eigenvalue weighted by Gasteiger charge is -2.03. The zero-order chi connectivity index (χ0) is 13.1. The molecule has 3 nitrogen and oxygen atoms in total. The van der Waals surface area contributed by atoms with Crippen molar-refractivity contribution in [3.05, 3.63) is 44.4 Å². The summed E-state index contributed by atoms with van der Waals surface area (Å²) >= 11 is 18.6. The van der Waals surface area contributed by atoms with Crippen LogP contribution in [-0.2, 0) is 18.6 Å². The number of aromatic amines is 1. The molecule has 0 bridgehead atoms. The van der Waals surface area contributed by atoms with E-state index in [1.807, 2.05) is 29.8 Å². The van der Waals surface area contributed by atoms with Gasteiger partial charge >= 0.3 is 0 Å². The molecule has 0 fully saturated rings. The third kappa shape index (κ3) is 3.29. The lowest BCUT2D eigenvalue weighted by molar-refractivity contribution is 0.838. The molecule has 0 aliphatic rings. The number of aromatic nitrogens is 3. The molecule has 0 saturated carbocycles. The molecule has 1 aromatic heterocycles. The Morgan fingerprint density at radius 1 is 1.33 bits per heavy atom. The summed E-state index contributed by atoms with van der Waals surface area (Å²) in [6.45, 7) is 0. The van der Waals surface area contributed by atoms with E-state index in [2.05, 4.69) is 10.2 Å². The number of H-pyrrole nitrogens is 1. The summed E-state index contributed by atoms with van der Waals surface area (Å²) in [5.41, 5.74) is 1.14. The van der Waals surface area contributed by atoms with Gasteiger partial charge in [0.25, 0.3) is 0 Å². The van der Waals surface area contributed by atoms with Gasteiger partial charge in [0.15, 0.2) is 4.77 Å². The average molecular weight is 320 g/mol. The summed E-state index contributed by atoms with van der Waals surface area (Å²) in [4.78, 5) is 0. The summed E-state index contributed by atoms with van der Waals surface area (Å²) in [7, 11) is 1.90. The van der Waals surface area contributed by atoms with Crippen molar-refractivity contribution in [1.29, 1.82) is 0 Å². The maximum absolute atomic E-state index is 5.96. The quantitative estimate of drug-likeness (QED) is 0.857. The zero-order valence-electron chi connectivity index (χ0n) is 9.61. The number of thioether (sulfide) groups is 1. The summed E-state index contributed by atoms with van der Waals surface area (Å²) in [5, 5.41) is 8.10. The van der Waals surface area contributed by atoms with Crippen LogP contribution in [-0.4, -0.2) is 14.8 Å². The summed E-state index contributed by atoms with van der Waals surface area (Å²) in [6, 6.07) is 5.68. The Morgan fingerprint density at radius 3 is 2.72 bits per heavy atom. The largest absolute Gasteiger partial charge is 0.307 e. The highest BCUT2D eigenvalue weighted by molar-refractivity contribution is 7.97. The van der Waals surface area contributed by atoms with Crippen LogP contribution in [0.3, 0.4) is 0 Å². The van der Waals surface area contributed by atoms with Gasteiger partial charge in [-0.1, -0.05) is 29.3 Å². The standard InChI is InChI=1S/C11H11Cl2N3S2/c1-16-10(14-15-11(16)17)6-18-5-7-2-3-8(12)9(13)4-7/h2-4H,5-6H2,1H3,(H,15,17). The van der Waals surface area contributed by atoms with Crippen molar-refractivity contribution in [3.63, 3.8) is 0 Å². The van der Waals surface area contributed by atoms with Crippen LogP contribution >= 0.6 is 47.2 Å². The number of benzene rings is 1. The van der Waals surface area contributed by atoms with Crippen molar-refractivity contribution >= 4 is 47.2 Å². The second-order valence-electron chi connectivity index (χ2n) is 3.75. The highest BCUT2D eigenvalue weighted by atomic mass is 35.5. The van der Waals surface area contributed by atoms with E-state index in [0.717, 1.165) is 22.9 Å². The average Bonchev–Trinajstić information content (AvgIpc) is 2.66. The van der Waals surface area contributed by atoms with Crippen LogP contribution in [0.4, 0.5) is 0 Å². The van der Waals surface area contributed by atoms with Crippen molar-refractivity contribution in [2.45, 2.75) is 11.5 Å². The molecule has 2 aromatic rings. The van der Waals surface area contributed by atoms with Crippen LogP contribution in [0.25, 0.3) is 0 Å². The predicted molar refractivity (Wildman–Crippen MR) is 79.9 cm³/mol. The van der Waals surface area contributed by atoms with Gasteiger partial charge in [-0.25, -0.2) is 0 Å². The van der Waals surface area contributed by atoms with Gasteiger partial charge in [0.05, 0.1) is 15.8 Å². The summed E-state index contributed by atoms with van der Waals surface area (Å²) < 4.78 is 2.51. The van der Waals surface area contributed by atoms with Gasteiger partial charge in [0.1, 0.15) is 5.82 Å². The van der Waals surface area contributed by atoms with Gasteiger partial charge < -0.3 is 4.57 Å². The molecule has 0 unspecified atom stereocenters. The number of nitrogens with one attached hydrogen (secondary N) is 1.